The van der Waals surface area contributed by atoms with Gasteiger partial charge in [-0.15, -0.1) is 0 Å². The zero-order valence-corrected chi connectivity index (χ0v) is 16.5. The smallest absolute Gasteiger partial charge is 0.337 e. The fourth-order valence-electron chi connectivity index (χ4n) is 3.43. The predicted octanol–water partition coefficient (Wildman–Crippen LogP) is 5.55. The van der Waals surface area contributed by atoms with Crippen LogP contribution in [-0.4, -0.2) is 11.1 Å². The van der Waals surface area contributed by atoms with Crippen LogP contribution in [-0.2, 0) is 22.3 Å². The second-order valence-electron chi connectivity index (χ2n) is 7.16. The monoisotopic (exact) mass is 401 g/mol. The number of anilines is 1. The predicted molar refractivity (Wildman–Crippen MR) is 116 cm³/mol. The molecule has 2 aromatic rings. The van der Waals surface area contributed by atoms with E-state index in [0.717, 1.165) is 36.8 Å². The Bertz CT molecular complexity index is 1050. The molecule has 0 aromatic heterocycles. The van der Waals surface area contributed by atoms with Crippen molar-refractivity contribution in [2.24, 2.45) is 0 Å². The maximum atomic E-state index is 11.7. The molecule has 0 unspecified atom stereocenters. The van der Waals surface area contributed by atoms with Crippen LogP contribution in [0.5, 0.6) is 0 Å². The van der Waals surface area contributed by atoms with E-state index < -0.39 is 5.97 Å². The zero-order chi connectivity index (χ0) is 20.8. The van der Waals surface area contributed by atoms with E-state index in [0.29, 0.717) is 17.3 Å². The Labute approximate surface area is 175 Å². The van der Waals surface area contributed by atoms with Gasteiger partial charge in [-0.25, -0.2) is 4.79 Å². The van der Waals surface area contributed by atoms with Crippen molar-refractivity contribution in [3.63, 3.8) is 0 Å². The van der Waals surface area contributed by atoms with E-state index >= 15 is 0 Å². The van der Waals surface area contributed by atoms with E-state index in [1.54, 1.807) is 12.3 Å². The Morgan fingerprint density at radius 2 is 1.87 bits per heavy atom. The number of rotatable bonds is 7. The quantitative estimate of drug-likeness (QED) is 0.637. The van der Waals surface area contributed by atoms with E-state index in [2.05, 4.69) is 23.5 Å². The van der Waals surface area contributed by atoms with Gasteiger partial charge >= 0.3 is 5.97 Å². The van der Waals surface area contributed by atoms with Crippen LogP contribution in [0.3, 0.4) is 0 Å². The van der Waals surface area contributed by atoms with Gasteiger partial charge in [0, 0.05) is 0 Å². The Kier molecular flexibility index (Phi) is 5.99. The summed E-state index contributed by atoms with van der Waals surface area (Å²) in [7, 11) is 0. The number of carbonyl (C=O) groups is 1. The lowest BCUT2D eigenvalue weighted by atomic mass is 10.0. The zero-order valence-electron chi connectivity index (χ0n) is 16.5. The highest BCUT2D eigenvalue weighted by Crippen LogP contribution is 2.28. The molecule has 2 N–H and O–H groups in total. The lowest BCUT2D eigenvalue weighted by Gasteiger charge is -2.21. The molecule has 0 bridgehead atoms. The topological polar surface area (TPSA) is 67.8 Å². The van der Waals surface area contributed by atoms with Crippen LogP contribution in [0.25, 0.3) is 0 Å². The first-order valence-electron chi connectivity index (χ1n) is 9.96. The van der Waals surface area contributed by atoms with E-state index in [1.165, 1.54) is 11.8 Å². The Morgan fingerprint density at radius 3 is 2.63 bits per heavy atom. The fraction of sp³-hybridized carbons (Fsp3) is 0.160. The van der Waals surface area contributed by atoms with Gasteiger partial charge in [-0.2, -0.15) is 0 Å². The number of aromatic carboxylic acids is 1. The van der Waals surface area contributed by atoms with E-state index in [4.69, 9.17) is 9.47 Å². The van der Waals surface area contributed by atoms with Crippen molar-refractivity contribution in [3.05, 3.63) is 113 Å². The van der Waals surface area contributed by atoms with Gasteiger partial charge in [0.05, 0.1) is 11.3 Å². The molecule has 2 aromatic carbocycles. The molecule has 1 aliphatic heterocycles. The van der Waals surface area contributed by atoms with Gasteiger partial charge in [-0.3, -0.25) is 0 Å². The SMILES string of the molecule is O=C(O)c1ccc(CCc2ccccc2)cc1NC1=COC=C(C2=CC=CCC2)O1. The molecule has 1 aliphatic carbocycles. The molecule has 5 nitrogen and oxygen atoms in total. The summed E-state index contributed by atoms with van der Waals surface area (Å²) in [5.41, 5.74) is 3.98. The number of carboxylic acids is 1. The van der Waals surface area contributed by atoms with Gasteiger partial charge in [0.15, 0.2) is 12.0 Å². The van der Waals surface area contributed by atoms with Crippen molar-refractivity contribution in [3.8, 4) is 0 Å². The minimum Gasteiger partial charge on any atom is -0.478 e. The summed E-state index contributed by atoms with van der Waals surface area (Å²) in [6, 6.07) is 15.6. The second-order valence-corrected chi connectivity index (χ2v) is 7.16. The first-order chi connectivity index (χ1) is 14.7. The molecule has 2 aliphatic rings. The Morgan fingerprint density at radius 1 is 1.03 bits per heavy atom. The molecule has 5 heteroatoms. The summed E-state index contributed by atoms with van der Waals surface area (Å²) in [5, 5.41) is 12.7. The third-order valence-corrected chi connectivity index (χ3v) is 5.02. The van der Waals surface area contributed by atoms with Crippen LogP contribution < -0.4 is 5.32 Å². The van der Waals surface area contributed by atoms with E-state index in [-0.39, 0.29) is 5.56 Å². The molecule has 0 atom stereocenters. The van der Waals surface area contributed by atoms with Crippen molar-refractivity contribution in [2.75, 3.05) is 5.32 Å². The van der Waals surface area contributed by atoms with Crippen molar-refractivity contribution in [1.82, 2.24) is 0 Å². The maximum absolute atomic E-state index is 11.7. The molecular weight excluding hydrogens is 378 g/mol. The van der Waals surface area contributed by atoms with Crippen molar-refractivity contribution in [1.29, 1.82) is 0 Å². The van der Waals surface area contributed by atoms with Crippen LogP contribution in [0.15, 0.2) is 96.5 Å². The summed E-state index contributed by atoms with van der Waals surface area (Å²) in [5.74, 6) is -0.0209. The van der Waals surface area contributed by atoms with Gasteiger partial charge in [0.1, 0.15) is 6.26 Å². The van der Waals surface area contributed by atoms with Gasteiger partial charge < -0.3 is 19.9 Å². The number of nitrogens with one attached hydrogen (secondary N) is 1. The normalized spacial score (nSPS) is 15.3. The van der Waals surface area contributed by atoms with E-state index in [9.17, 15) is 9.90 Å². The summed E-state index contributed by atoms with van der Waals surface area (Å²) in [4.78, 5) is 11.7. The average molecular weight is 401 g/mol. The van der Waals surface area contributed by atoms with Crippen LogP contribution in [0.1, 0.15) is 34.3 Å². The molecule has 4 rings (SSSR count). The molecule has 30 heavy (non-hydrogen) atoms. The van der Waals surface area contributed by atoms with Gasteiger partial charge in [0.2, 0.25) is 5.88 Å². The molecule has 0 radical (unpaired) electrons. The van der Waals surface area contributed by atoms with Crippen molar-refractivity contribution in [2.45, 2.75) is 25.7 Å². The van der Waals surface area contributed by atoms with Crippen LogP contribution >= 0.6 is 0 Å². The van der Waals surface area contributed by atoms with Crippen LogP contribution in [0.2, 0.25) is 0 Å². The highest BCUT2D eigenvalue weighted by atomic mass is 16.6. The highest BCUT2D eigenvalue weighted by Gasteiger charge is 2.18. The highest BCUT2D eigenvalue weighted by molar-refractivity contribution is 5.94. The molecule has 1 heterocycles. The summed E-state index contributed by atoms with van der Waals surface area (Å²) >= 11 is 0. The summed E-state index contributed by atoms with van der Waals surface area (Å²) in [6.07, 6.45) is 12.6. The Balaban J connectivity index is 1.49. The fourth-order valence-corrected chi connectivity index (χ4v) is 3.43. The Hall–Kier alpha value is -3.73. The number of carboxylic acid groups (broad SMARTS) is 1. The van der Waals surface area contributed by atoms with Crippen LogP contribution in [0, 0.1) is 0 Å². The largest absolute Gasteiger partial charge is 0.478 e. The molecule has 152 valence electrons. The van der Waals surface area contributed by atoms with Crippen molar-refractivity contribution < 1.29 is 19.4 Å². The lowest BCUT2D eigenvalue weighted by Crippen LogP contribution is -2.13. The van der Waals surface area contributed by atoms with Gasteiger partial charge in [-0.05, 0) is 54.5 Å². The van der Waals surface area contributed by atoms with Crippen LogP contribution in [0.4, 0.5) is 5.69 Å². The molecule has 0 amide bonds. The third-order valence-electron chi connectivity index (χ3n) is 5.02. The average Bonchev–Trinajstić information content (AvgIpc) is 2.79. The molecular formula is C25H23NO4. The minimum atomic E-state index is -1.000. The molecule has 0 spiro atoms. The standard InChI is InChI=1S/C25H23NO4/c27-25(28)21-14-13-19(12-11-18-7-3-1-4-8-18)15-22(21)26-24-17-29-16-23(30-24)20-9-5-2-6-10-20/h1-5,7-9,13-17,26H,6,10-12H2,(H,27,28). The first-order valence-corrected chi connectivity index (χ1v) is 9.96. The van der Waals surface area contributed by atoms with E-state index in [1.807, 2.05) is 42.5 Å². The number of benzene rings is 2. The number of hydrogen-bond donors (Lipinski definition) is 2. The molecule has 0 fully saturated rings. The number of allylic oxidation sites excluding steroid dienone is 4. The lowest BCUT2D eigenvalue weighted by molar-refractivity contribution is 0.0698. The number of ether oxygens (including phenoxy) is 2. The third kappa shape index (κ3) is 4.81. The first kappa shape index (κ1) is 19.6. The minimum absolute atomic E-state index is 0.180. The van der Waals surface area contributed by atoms with Gasteiger partial charge in [-0.1, -0.05) is 54.6 Å². The summed E-state index contributed by atoms with van der Waals surface area (Å²) < 4.78 is 11.4. The summed E-state index contributed by atoms with van der Waals surface area (Å²) in [6.45, 7) is 0. The second kappa shape index (κ2) is 9.18. The van der Waals surface area contributed by atoms with Crippen molar-refractivity contribution >= 4 is 11.7 Å². The van der Waals surface area contributed by atoms with Gasteiger partial charge in [0.25, 0.3) is 0 Å². The molecule has 0 saturated carbocycles. The number of aryl methyl sites for hydroxylation is 2. The molecule has 0 saturated heterocycles. The number of hydrogen-bond acceptors (Lipinski definition) is 4. The maximum Gasteiger partial charge on any atom is 0.337 e.